The predicted octanol–water partition coefficient (Wildman–Crippen LogP) is 3.21. The maximum atomic E-state index is 10.7. The van der Waals surface area contributed by atoms with Crippen LogP contribution >= 0.6 is 0 Å². The highest BCUT2D eigenvalue weighted by atomic mass is 28.4. The van der Waals surface area contributed by atoms with Gasteiger partial charge in [-0.25, -0.2) is 0 Å². The summed E-state index contributed by atoms with van der Waals surface area (Å²) >= 11 is 0. The quantitative estimate of drug-likeness (QED) is 0.634. The SMILES string of the molecule is CC(C)(C)[Si](C)(C)Oc1c[nH]cc1C=O. The van der Waals surface area contributed by atoms with Gasteiger partial charge in [0, 0.05) is 12.4 Å². The van der Waals surface area contributed by atoms with Crippen molar-refractivity contribution in [2.24, 2.45) is 0 Å². The van der Waals surface area contributed by atoms with Crippen molar-refractivity contribution in [3.63, 3.8) is 0 Å². The molecule has 0 saturated carbocycles. The first kappa shape index (κ1) is 12.0. The molecule has 0 aliphatic heterocycles. The number of rotatable bonds is 3. The van der Waals surface area contributed by atoms with Gasteiger partial charge in [-0.2, -0.15) is 0 Å². The van der Waals surface area contributed by atoms with E-state index in [0.717, 1.165) is 6.29 Å². The van der Waals surface area contributed by atoms with Crippen molar-refractivity contribution in [1.29, 1.82) is 0 Å². The number of H-pyrrole nitrogens is 1. The lowest BCUT2D eigenvalue weighted by Crippen LogP contribution is -2.43. The highest BCUT2D eigenvalue weighted by Crippen LogP contribution is 2.37. The van der Waals surface area contributed by atoms with Crippen molar-refractivity contribution in [1.82, 2.24) is 4.98 Å². The van der Waals surface area contributed by atoms with Crippen LogP contribution in [0.4, 0.5) is 0 Å². The molecular weight excluding hydrogens is 206 g/mol. The molecule has 0 radical (unpaired) electrons. The van der Waals surface area contributed by atoms with Crippen molar-refractivity contribution >= 4 is 14.6 Å². The predicted molar refractivity (Wildman–Crippen MR) is 64.0 cm³/mol. The molecule has 0 atom stereocenters. The molecule has 3 nitrogen and oxygen atoms in total. The van der Waals surface area contributed by atoms with Gasteiger partial charge in [0.05, 0.1) is 5.56 Å². The van der Waals surface area contributed by atoms with Crippen molar-refractivity contribution < 1.29 is 9.22 Å². The maximum Gasteiger partial charge on any atom is 0.250 e. The van der Waals surface area contributed by atoms with Gasteiger partial charge in [0.1, 0.15) is 5.75 Å². The van der Waals surface area contributed by atoms with Gasteiger partial charge >= 0.3 is 0 Å². The molecule has 1 aromatic heterocycles. The first-order valence-corrected chi connectivity index (χ1v) is 8.00. The van der Waals surface area contributed by atoms with E-state index < -0.39 is 8.32 Å². The van der Waals surface area contributed by atoms with Gasteiger partial charge in [-0.15, -0.1) is 0 Å². The Labute approximate surface area is 92.0 Å². The molecule has 0 saturated heterocycles. The second-order valence-corrected chi connectivity index (χ2v) is 9.98. The monoisotopic (exact) mass is 225 g/mol. The van der Waals surface area contributed by atoms with Crippen LogP contribution in [-0.4, -0.2) is 19.6 Å². The highest BCUT2D eigenvalue weighted by molar-refractivity contribution is 6.74. The largest absolute Gasteiger partial charge is 0.542 e. The molecule has 4 heteroatoms. The first-order chi connectivity index (χ1) is 6.78. The summed E-state index contributed by atoms with van der Waals surface area (Å²) < 4.78 is 6.00. The van der Waals surface area contributed by atoms with Crippen LogP contribution in [0.5, 0.6) is 5.75 Å². The molecule has 0 bridgehead atoms. The Balaban J connectivity index is 2.91. The Morgan fingerprint density at radius 2 is 1.93 bits per heavy atom. The fourth-order valence-corrected chi connectivity index (χ4v) is 2.00. The third-order valence-electron chi connectivity index (χ3n) is 3.04. The van der Waals surface area contributed by atoms with Crippen LogP contribution in [0.3, 0.4) is 0 Å². The van der Waals surface area contributed by atoms with Crippen molar-refractivity contribution in [3.05, 3.63) is 18.0 Å². The minimum absolute atomic E-state index is 0.143. The second-order valence-electron chi connectivity index (χ2n) is 5.26. The molecule has 0 unspecified atom stereocenters. The third-order valence-corrected chi connectivity index (χ3v) is 7.38. The molecule has 1 N–H and O–H groups in total. The van der Waals surface area contributed by atoms with Crippen LogP contribution in [0.2, 0.25) is 18.1 Å². The van der Waals surface area contributed by atoms with E-state index in [1.54, 1.807) is 12.4 Å². The number of carbonyl (C=O) groups is 1. The maximum absolute atomic E-state index is 10.7. The number of nitrogens with one attached hydrogen (secondary N) is 1. The lowest BCUT2D eigenvalue weighted by Gasteiger charge is -2.36. The van der Waals surface area contributed by atoms with E-state index >= 15 is 0 Å². The van der Waals surface area contributed by atoms with Gasteiger partial charge in [0.15, 0.2) is 6.29 Å². The zero-order valence-electron chi connectivity index (χ0n) is 10.0. The summed E-state index contributed by atoms with van der Waals surface area (Å²) in [5.41, 5.74) is 0.597. The molecule has 0 amide bonds. The summed E-state index contributed by atoms with van der Waals surface area (Å²) in [6.07, 6.45) is 4.22. The van der Waals surface area contributed by atoms with Gasteiger partial charge in [-0.05, 0) is 18.1 Å². The molecule has 0 spiro atoms. The molecule has 84 valence electrons. The van der Waals surface area contributed by atoms with E-state index in [0.29, 0.717) is 11.3 Å². The topological polar surface area (TPSA) is 42.1 Å². The van der Waals surface area contributed by atoms with E-state index in [4.69, 9.17) is 4.43 Å². The first-order valence-electron chi connectivity index (χ1n) is 5.09. The second kappa shape index (κ2) is 3.85. The van der Waals surface area contributed by atoms with Crippen LogP contribution in [-0.2, 0) is 0 Å². The number of hydrogen-bond donors (Lipinski definition) is 1. The van der Waals surface area contributed by atoms with Crippen LogP contribution in [0.15, 0.2) is 12.4 Å². The Hall–Kier alpha value is -1.03. The Kier molecular flexibility index (Phi) is 3.09. The fraction of sp³-hybridized carbons (Fsp3) is 0.545. The lowest BCUT2D eigenvalue weighted by atomic mass is 10.2. The van der Waals surface area contributed by atoms with E-state index in [-0.39, 0.29) is 5.04 Å². The summed E-state index contributed by atoms with van der Waals surface area (Å²) in [6.45, 7) is 10.8. The van der Waals surface area contributed by atoms with Crippen LogP contribution in [0.25, 0.3) is 0 Å². The van der Waals surface area contributed by atoms with Gasteiger partial charge in [-0.3, -0.25) is 4.79 Å². The van der Waals surface area contributed by atoms with E-state index in [2.05, 4.69) is 38.8 Å². The van der Waals surface area contributed by atoms with Gasteiger partial charge in [-0.1, -0.05) is 20.8 Å². The van der Waals surface area contributed by atoms with E-state index in [1.165, 1.54) is 0 Å². The highest BCUT2D eigenvalue weighted by Gasteiger charge is 2.39. The van der Waals surface area contributed by atoms with Crippen LogP contribution in [0, 0.1) is 0 Å². The van der Waals surface area contributed by atoms with Crippen molar-refractivity contribution in [3.8, 4) is 5.75 Å². The molecule has 0 aliphatic carbocycles. The molecule has 0 aliphatic rings. The summed E-state index contributed by atoms with van der Waals surface area (Å²) in [6, 6.07) is 0. The zero-order valence-corrected chi connectivity index (χ0v) is 11.0. The Morgan fingerprint density at radius 1 is 1.33 bits per heavy atom. The molecule has 15 heavy (non-hydrogen) atoms. The smallest absolute Gasteiger partial charge is 0.250 e. The minimum atomic E-state index is -1.84. The fourth-order valence-electron chi connectivity index (χ4n) is 0.970. The van der Waals surface area contributed by atoms with Crippen molar-refractivity contribution in [2.75, 3.05) is 0 Å². The average molecular weight is 225 g/mol. The summed E-state index contributed by atoms with van der Waals surface area (Å²) in [4.78, 5) is 13.6. The number of carbonyl (C=O) groups excluding carboxylic acids is 1. The summed E-state index contributed by atoms with van der Waals surface area (Å²) in [5, 5.41) is 0.143. The number of aromatic amines is 1. The normalized spacial score (nSPS) is 12.6. The van der Waals surface area contributed by atoms with Crippen LogP contribution < -0.4 is 4.43 Å². The third kappa shape index (κ3) is 2.50. The van der Waals surface area contributed by atoms with E-state index in [1.807, 2.05) is 0 Å². The number of hydrogen-bond acceptors (Lipinski definition) is 2. The molecule has 1 rings (SSSR count). The van der Waals surface area contributed by atoms with Crippen molar-refractivity contribution in [2.45, 2.75) is 38.9 Å². The summed E-state index contributed by atoms with van der Waals surface area (Å²) in [5.74, 6) is 0.677. The Bertz CT molecular complexity index is 350. The minimum Gasteiger partial charge on any atom is -0.542 e. The lowest BCUT2D eigenvalue weighted by molar-refractivity contribution is 0.112. The molecule has 1 aromatic rings. The summed E-state index contributed by atoms with van der Waals surface area (Å²) in [7, 11) is -1.84. The molecule has 0 fully saturated rings. The van der Waals surface area contributed by atoms with Gasteiger partial charge < -0.3 is 9.41 Å². The van der Waals surface area contributed by atoms with Gasteiger partial charge in [0.25, 0.3) is 8.32 Å². The zero-order chi connectivity index (χ0) is 11.7. The Morgan fingerprint density at radius 3 is 2.40 bits per heavy atom. The van der Waals surface area contributed by atoms with Crippen LogP contribution in [0.1, 0.15) is 31.1 Å². The molecule has 1 heterocycles. The number of aromatic nitrogens is 1. The molecule has 0 aromatic carbocycles. The number of aldehydes is 1. The van der Waals surface area contributed by atoms with Gasteiger partial charge in [0.2, 0.25) is 0 Å². The average Bonchev–Trinajstić information content (AvgIpc) is 2.48. The standard InChI is InChI=1S/C11H19NO2Si/c1-11(2,3)15(4,5)14-10-7-12-6-9(10)8-13/h6-8,12H,1-5H3. The molecular formula is C11H19NO2Si. The van der Waals surface area contributed by atoms with E-state index in [9.17, 15) is 4.79 Å².